The van der Waals surface area contributed by atoms with E-state index in [9.17, 15) is 9.59 Å². The van der Waals surface area contributed by atoms with Crippen molar-refractivity contribution in [2.45, 2.75) is 6.54 Å². The highest BCUT2D eigenvalue weighted by atomic mass is 16.2. The summed E-state index contributed by atoms with van der Waals surface area (Å²) < 4.78 is 1.10. The van der Waals surface area contributed by atoms with Crippen LogP contribution in [0.4, 0.5) is 0 Å². The lowest BCUT2D eigenvalue weighted by Gasteiger charge is -2.07. The number of terminal acetylenes is 1. The van der Waals surface area contributed by atoms with Crippen molar-refractivity contribution in [2.24, 2.45) is 5.73 Å². The minimum absolute atomic E-state index is 0.0328. The highest BCUT2D eigenvalue weighted by Crippen LogP contribution is 2.07. The first-order chi connectivity index (χ1) is 8.15. The van der Waals surface area contributed by atoms with Crippen LogP contribution < -0.4 is 11.3 Å². The Morgan fingerprint density at radius 3 is 2.82 bits per heavy atom. The third kappa shape index (κ3) is 1.76. The van der Waals surface area contributed by atoms with Crippen LogP contribution in [0.15, 0.2) is 29.1 Å². The van der Waals surface area contributed by atoms with E-state index in [-0.39, 0.29) is 17.9 Å². The summed E-state index contributed by atoms with van der Waals surface area (Å²) >= 11 is 0. The van der Waals surface area contributed by atoms with Crippen LogP contribution in [0.3, 0.4) is 0 Å². The van der Waals surface area contributed by atoms with E-state index in [1.54, 1.807) is 24.3 Å². The SMILES string of the molecule is C#CCn1c(C(N)=O)nc2ccccc2c1=O. The second-order valence-electron chi connectivity index (χ2n) is 3.41. The van der Waals surface area contributed by atoms with Crippen LogP contribution in [-0.4, -0.2) is 15.5 Å². The van der Waals surface area contributed by atoms with Crippen LogP contribution in [0.1, 0.15) is 10.6 Å². The Labute approximate surface area is 96.9 Å². The van der Waals surface area contributed by atoms with Gasteiger partial charge in [-0.05, 0) is 12.1 Å². The van der Waals surface area contributed by atoms with Gasteiger partial charge in [-0.2, -0.15) is 0 Å². The Hall–Kier alpha value is -2.61. The average Bonchev–Trinajstić information content (AvgIpc) is 2.32. The van der Waals surface area contributed by atoms with Gasteiger partial charge in [-0.1, -0.05) is 18.1 Å². The fraction of sp³-hybridized carbons (Fsp3) is 0.0833. The number of nitrogens with two attached hydrogens (primary N) is 1. The minimum Gasteiger partial charge on any atom is -0.363 e. The quantitative estimate of drug-likeness (QED) is 0.740. The first-order valence-corrected chi connectivity index (χ1v) is 4.88. The Bertz CT molecular complexity index is 695. The molecule has 1 heterocycles. The molecule has 0 aliphatic heterocycles. The molecule has 2 rings (SSSR count). The molecule has 0 bridgehead atoms. The van der Waals surface area contributed by atoms with E-state index in [0.29, 0.717) is 10.9 Å². The lowest BCUT2D eigenvalue weighted by atomic mass is 10.2. The summed E-state index contributed by atoms with van der Waals surface area (Å²) in [6.07, 6.45) is 5.15. The molecular weight excluding hydrogens is 218 g/mol. The van der Waals surface area contributed by atoms with Crippen molar-refractivity contribution in [1.29, 1.82) is 0 Å². The number of nitrogens with zero attached hydrogens (tertiary/aromatic N) is 2. The predicted molar refractivity (Wildman–Crippen MR) is 63.4 cm³/mol. The summed E-state index contributed by atoms with van der Waals surface area (Å²) in [7, 11) is 0. The van der Waals surface area contributed by atoms with Gasteiger partial charge >= 0.3 is 0 Å². The topological polar surface area (TPSA) is 78.0 Å². The Morgan fingerprint density at radius 2 is 2.18 bits per heavy atom. The van der Waals surface area contributed by atoms with Crippen LogP contribution >= 0.6 is 0 Å². The van der Waals surface area contributed by atoms with Gasteiger partial charge in [0, 0.05) is 0 Å². The number of benzene rings is 1. The van der Waals surface area contributed by atoms with E-state index in [1.807, 2.05) is 0 Å². The molecule has 0 saturated heterocycles. The van der Waals surface area contributed by atoms with Crippen molar-refractivity contribution in [1.82, 2.24) is 9.55 Å². The number of carbonyl (C=O) groups excluding carboxylic acids is 1. The summed E-state index contributed by atoms with van der Waals surface area (Å²) in [5.74, 6) is 1.41. The van der Waals surface area contributed by atoms with Crippen molar-refractivity contribution in [3.8, 4) is 12.3 Å². The van der Waals surface area contributed by atoms with Crippen molar-refractivity contribution in [2.75, 3.05) is 0 Å². The zero-order valence-corrected chi connectivity index (χ0v) is 8.88. The standard InChI is InChI=1S/C12H9N3O2/c1-2-7-15-11(10(13)16)14-9-6-4-3-5-8(9)12(15)17/h1,3-6H,7H2,(H2,13,16). The molecule has 1 aromatic heterocycles. The Kier molecular flexibility index (Phi) is 2.63. The first-order valence-electron chi connectivity index (χ1n) is 4.88. The second-order valence-corrected chi connectivity index (χ2v) is 3.41. The van der Waals surface area contributed by atoms with E-state index in [2.05, 4.69) is 10.9 Å². The van der Waals surface area contributed by atoms with Crippen LogP contribution in [0.2, 0.25) is 0 Å². The number of carbonyl (C=O) groups is 1. The molecule has 17 heavy (non-hydrogen) atoms. The first kappa shape index (κ1) is 10.9. The van der Waals surface area contributed by atoms with E-state index >= 15 is 0 Å². The van der Waals surface area contributed by atoms with Crippen molar-refractivity contribution in [3.05, 3.63) is 40.4 Å². The molecule has 0 aliphatic rings. The third-order valence-corrected chi connectivity index (χ3v) is 2.33. The average molecular weight is 227 g/mol. The van der Waals surface area contributed by atoms with Gasteiger partial charge in [-0.25, -0.2) is 4.98 Å². The molecule has 0 aliphatic carbocycles. The van der Waals surface area contributed by atoms with Gasteiger partial charge in [0.15, 0.2) is 0 Å². The fourth-order valence-electron chi connectivity index (χ4n) is 1.59. The highest BCUT2D eigenvalue weighted by Gasteiger charge is 2.13. The van der Waals surface area contributed by atoms with Crippen molar-refractivity contribution < 1.29 is 4.79 Å². The molecule has 0 fully saturated rings. The molecule has 0 atom stereocenters. The van der Waals surface area contributed by atoms with E-state index in [0.717, 1.165) is 4.57 Å². The summed E-state index contributed by atoms with van der Waals surface area (Å²) in [5.41, 5.74) is 5.25. The molecule has 2 N–H and O–H groups in total. The number of hydrogen-bond acceptors (Lipinski definition) is 3. The smallest absolute Gasteiger partial charge is 0.284 e. The van der Waals surface area contributed by atoms with E-state index in [4.69, 9.17) is 12.2 Å². The Balaban J connectivity index is 2.90. The molecule has 1 aromatic carbocycles. The lowest BCUT2D eigenvalue weighted by molar-refractivity contribution is 0.0985. The predicted octanol–water partition coefficient (Wildman–Crippen LogP) is 0.129. The third-order valence-electron chi connectivity index (χ3n) is 2.33. The number of primary amides is 1. The molecule has 0 radical (unpaired) electrons. The van der Waals surface area contributed by atoms with E-state index in [1.165, 1.54) is 0 Å². The van der Waals surface area contributed by atoms with Gasteiger partial charge in [-0.15, -0.1) is 6.42 Å². The molecule has 0 unspecified atom stereocenters. The van der Waals surface area contributed by atoms with Crippen LogP contribution in [0.25, 0.3) is 10.9 Å². The lowest BCUT2D eigenvalue weighted by Crippen LogP contribution is -2.30. The molecule has 0 saturated carbocycles. The molecule has 1 amide bonds. The minimum atomic E-state index is -0.775. The monoisotopic (exact) mass is 227 g/mol. The summed E-state index contributed by atoms with van der Waals surface area (Å²) in [4.78, 5) is 27.3. The number of rotatable bonds is 2. The number of amides is 1. The highest BCUT2D eigenvalue weighted by molar-refractivity contribution is 5.91. The largest absolute Gasteiger partial charge is 0.363 e. The molecular formula is C12H9N3O2. The summed E-state index contributed by atoms with van der Waals surface area (Å²) in [5, 5.41) is 0.410. The zero-order chi connectivity index (χ0) is 12.4. The number of aromatic nitrogens is 2. The summed E-state index contributed by atoms with van der Waals surface area (Å²) in [6, 6.07) is 6.71. The molecule has 2 aromatic rings. The van der Waals surface area contributed by atoms with Gasteiger partial charge < -0.3 is 5.73 Å². The van der Waals surface area contributed by atoms with Gasteiger partial charge in [0.25, 0.3) is 11.5 Å². The zero-order valence-electron chi connectivity index (χ0n) is 8.88. The molecule has 5 nitrogen and oxygen atoms in total. The maximum Gasteiger partial charge on any atom is 0.284 e. The van der Waals surface area contributed by atoms with Crippen LogP contribution in [-0.2, 0) is 6.54 Å². The van der Waals surface area contributed by atoms with Crippen molar-refractivity contribution in [3.63, 3.8) is 0 Å². The maximum absolute atomic E-state index is 12.1. The number of para-hydroxylation sites is 1. The van der Waals surface area contributed by atoms with Gasteiger partial charge in [0.1, 0.15) is 0 Å². The van der Waals surface area contributed by atoms with Crippen LogP contribution in [0, 0.1) is 12.3 Å². The fourth-order valence-corrected chi connectivity index (χ4v) is 1.59. The maximum atomic E-state index is 12.1. The van der Waals surface area contributed by atoms with Crippen molar-refractivity contribution >= 4 is 16.8 Å². The molecule has 5 heteroatoms. The number of fused-ring (bicyclic) bond motifs is 1. The van der Waals surface area contributed by atoms with Gasteiger partial charge in [0.2, 0.25) is 5.82 Å². The van der Waals surface area contributed by atoms with Gasteiger partial charge in [-0.3, -0.25) is 14.2 Å². The summed E-state index contributed by atoms with van der Waals surface area (Å²) in [6.45, 7) is -0.0328. The normalized spacial score (nSPS) is 10.1. The van der Waals surface area contributed by atoms with E-state index < -0.39 is 5.91 Å². The van der Waals surface area contributed by atoms with Crippen LogP contribution in [0.5, 0.6) is 0 Å². The molecule has 84 valence electrons. The van der Waals surface area contributed by atoms with Gasteiger partial charge in [0.05, 0.1) is 17.4 Å². The number of hydrogen-bond donors (Lipinski definition) is 1. The Morgan fingerprint density at radius 1 is 1.47 bits per heavy atom. The second kappa shape index (κ2) is 4.10. The molecule has 0 spiro atoms.